The lowest BCUT2D eigenvalue weighted by molar-refractivity contribution is -0.118. The molecule has 0 aliphatic heterocycles. The maximum absolute atomic E-state index is 12.3. The van der Waals surface area contributed by atoms with Crippen molar-refractivity contribution in [1.82, 2.24) is 0 Å². The normalized spacial score (nSPS) is 10.4. The highest BCUT2D eigenvalue weighted by Gasteiger charge is 2.23. The Balaban J connectivity index is 2.10. The van der Waals surface area contributed by atoms with Crippen LogP contribution in [-0.4, -0.2) is 30.9 Å². The number of benzene rings is 1. The molecular weight excluding hydrogens is 366 g/mol. The number of carbonyl (C=O) groups is 3. The first-order chi connectivity index (χ1) is 12.9. The molecule has 1 aromatic heterocycles. The maximum atomic E-state index is 12.3. The van der Waals surface area contributed by atoms with Gasteiger partial charge in [0.15, 0.2) is 12.4 Å². The molecule has 0 atom stereocenters. The van der Waals surface area contributed by atoms with E-state index in [1.165, 1.54) is 18.3 Å². The SMILES string of the molecule is CCOC(=O)c1c(NC(=O)COc2cccc(C(C)=O)c2)sc(C)c1CC. The molecule has 0 spiro atoms. The molecule has 1 heterocycles. The van der Waals surface area contributed by atoms with Crippen LogP contribution < -0.4 is 10.1 Å². The molecule has 0 unspecified atom stereocenters. The van der Waals surface area contributed by atoms with Crippen molar-refractivity contribution in [2.45, 2.75) is 34.1 Å². The average Bonchev–Trinajstić information content (AvgIpc) is 2.95. The Morgan fingerprint density at radius 2 is 1.93 bits per heavy atom. The van der Waals surface area contributed by atoms with E-state index in [0.717, 1.165) is 10.4 Å². The van der Waals surface area contributed by atoms with Gasteiger partial charge in [-0.25, -0.2) is 4.79 Å². The summed E-state index contributed by atoms with van der Waals surface area (Å²) in [4.78, 5) is 37.0. The predicted octanol–water partition coefficient (Wildman–Crippen LogP) is 4.02. The van der Waals surface area contributed by atoms with Crippen molar-refractivity contribution < 1.29 is 23.9 Å². The summed E-state index contributed by atoms with van der Waals surface area (Å²) in [5, 5.41) is 3.21. The molecule has 0 saturated carbocycles. The van der Waals surface area contributed by atoms with Crippen molar-refractivity contribution in [1.29, 1.82) is 0 Å². The molecule has 2 rings (SSSR count). The van der Waals surface area contributed by atoms with Crippen molar-refractivity contribution >= 4 is 34.0 Å². The molecule has 144 valence electrons. The van der Waals surface area contributed by atoms with E-state index in [4.69, 9.17) is 9.47 Å². The molecule has 0 aliphatic rings. The van der Waals surface area contributed by atoms with Crippen molar-refractivity contribution in [3.63, 3.8) is 0 Å². The number of esters is 1. The van der Waals surface area contributed by atoms with E-state index in [1.54, 1.807) is 31.2 Å². The number of hydrogen-bond donors (Lipinski definition) is 1. The van der Waals surface area contributed by atoms with Crippen LogP contribution >= 0.6 is 11.3 Å². The standard InChI is InChI=1S/C20H23NO5S/c1-5-16-13(4)27-19(18(16)20(24)25-6-2)21-17(23)11-26-15-9-7-8-14(10-15)12(3)22/h7-10H,5-6,11H2,1-4H3,(H,21,23). The molecule has 0 radical (unpaired) electrons. The van der Waals surface area contributed by atoms with Gasteiger partial charge in [0, 0.05) is 10.4 Å². The summed E-state index contributed by atoms with van der Waals surface area (Å²) in [6.07, 6.45) is 0.667. The van der Waals surface area contributed by atoms with E-state index >= 15 is 0 Å². The quantitative estimate of drug-likeness (QED) is 0.545. The second-order valence-electron chi connectivity index (χ2n) is 5.84. The van der Waals surface area contributed by atoms with Gasteiger partial charge in [0.2, 0.25) is 0 Å². The zero-order valence-corrected chi connectivity index (χ0v) is 16.7. The third-order valence-electron chi connectivity index (χ3n) is 3.91. The number of amides is 1. The number of nitrogens with one attached hydrogen (secondary N) is 1. The van der Waals surface area contributed by atoms with Crippen LogP contribution in [0.25, 0.3) is 0 Å². The van der Waals surface area contributed by atoms with Gasteiger partial charge in [-0.3, -0.25) is 9.59 Å². The number of anilines is 1. The fourth-order valence-corrected chi connectivity index (χ4v) is 3.78. The number of Topliss-reactive ketones (excluding diaryl/α,β-unsaturated/α-hetero) is 1. The molecule has 1 amide bonds. The van der Waals surface area contributed by atoms with Gasteiger partial charge in [-0.15, -0.1) is 11.3 Å². The largest absolute Gasteiger partial charge is 0.484 e. The van der Waals surface area contributed by atoms with Gasteiger partial charge in [-0.05, 0) is 44.9 Å². The monoisotopic (exact) mass is 389 g/mol. The van der Waals surface area contributed by atoms with Crippen LogP contribution in [0.1, 0.15) is 51.9 Å². The zero-order valence-electron chi connectivity index (χ0n) is 15.9. The molecule has 0 saturated heterocycles. The smallest absolute Gasteiger partial charge is 0.341 e. The molecule has 7 heteroatoms. The zero-order chi connectivity index (χ0) is 20.0. The Kier molecular flexibility index (Phi) is 7.12. The second-order valence-corrected chi connectivity index (χ2v) is 7.06. The van der Waals surface area contributed by atoms with Crippen LogP contribution in [0, 0.1) is 6.92 Å². The summed E-state index contributed by atoms with van der Waals surface area (Å²) in [5.74, 6) is -0.480. The molecule has 1 N–H and O–H groups in total. The van der Waals surface area contributed by atoms with E-state index in [2.05, 4.69) is 5.32 Å². The van der Waals surface area contributed by atoms with Crippen LogP contribution in [0.4, 0.5) is 5.00 Å². The fourth-order valence-electron chi connectivity index (χ4n) is 2.63. The lowest BCUT2D eigenvalue weighted by atomic mass is 10.1. The molecular formula is C20H23NO5S. The van der Waals surface area contributed by atoms with Gasteiger partial charge in [-0.1, -0.05) is 19.1 Å². The van der Waals surface area contributed by atoms with Crippen molar-refractivity contribution in [2.24, 2.45) is 0 Å². The van der Waals surface area contributed by atoms with Crippen LogP contribution in [0.15, 0.2) is 24.3 Å². The van der Waals surface area contributed by atoms with Crippen molar-refractivity contribution in [3.8, 4) is 5.75 Å². The predicted molar refractivity (Wildman–Crippen MR) is 105 cm³/mol. The Hall–Kier alpha value is -2.67. The average molecular weight is 389 g/mol. The number of thiophene rings is 1. The van der Waals surface area contributed by atoms with Gasteiger partial charge in [0.05, 0.1) is 12.2 Å². The fraction of sp³-hybridized carbons (Fsp3) is 0.350. The number of rotatable bonds is 8. The second kappa shape index (κ2) is 9.32. The number of hydrogen-bond acceptors (Lipinski definition) is 6. The minimum absolute atomic E-state index is 0.0786. The van der Waals surface area contributed by atoms with Gasteiger partial charge in [0.25, 0.3) is 5.91 Å². The minimum Gasteiger partial charge on any atom is -0.484 e. The lowest BCUT2D eigenvalue weighted by Gasteiger charge is -2.09. The summed E-state index contributed by atoms with van der Waals surface area (Å²) in [6, 6.07) is 6.64. The molecule has 27 heavy (non-hydrogen) atoms. The van der Waals surface area contributed by atoms with Crippen molar-refractivity contribution in [2.75, 3.05) is 18.5 Å². The Bertz CT molecular complexity index is 856. The maximum Gasteiger partial charge on any atom is 0.341 e. The van der Waals surface area contributed by atoms with E-state index in [9.17, 15) is 14.4 Å². The van der Waals surface area contributed by atoms with Crippen LogP contribution in [0.5, 0.6) is 5.75 Å². The molecule has 0 fully saturated rings. The van der Waals surface area contributed by atoms with E-state index in [-0.39, 0.29) is 19.0 Å². The molecule has 0 bridgehead atoms. The summed E-state index contributed by atoms with van der Waals surface area (Å²) in [6.45, 7) is 7.10. The van der Waals surface area contributed by atoms with Crippen molar-refractivity contribution in [3.05, 3.63) is 45.8 Å². The van der Waals surface area contributed by atoms with Crippen LogP contribution in [0.3, 0.4) is 0 Å². The third kappa shape index (κ3) is 5.17. The number of carbonyl (C=O) groups excluding carboxylic acids is 3. The van der Waals surface area contributed by atoms with E-state index in [1.807, 2.05) is 13.8 Å². The molecule has 1 aromatic carbocycles. The van der Waals surface area contributed by atoms with Gasteiger partial charge in [0.1, 0.15) is 10.8 Å². The first-order valence-electron chi connectivity index (χ1n) is 8.70. The van der Waals surface area contributed by atoms with E-state index < -0.39 is 11.9 Å². The Morgan fingerprint density at radius 3 is 2.56 bits per heavy atom. The molecule has 0 aliphatic carbocycles. The topological polar surface area (TPSA) is 81.7 Å². The van der Waals surface area contributed by atoms with Gasteiger partial charge < -0.3 is 14.8 Å². The summed E-state index contributed by atoms with van der Waals surface area (Å²) in [7, 11) is 0. The molecule has 2 aromatic rings. The van der Waals surface area contributed by atoms with Gasteiger partial charge in [-0.2, -0.15) is 0 Å². The summed E-state index contributed by atoms with van der Waals surface area (Å²) >= 11 is 1.34. The van der Waals surface area contributed by atoms with Crippen LogP contribution in [-0.2, 0) is 16.0 Å². The van der Waals surface area contributed by atoms with Crippen LogP contribution in [0.2, 0.25) is 0 Å². The van der Waals surface area contributed by atoms with Gasteiger partial charge >= 0.3 is 5.97 Å². The van der Waals surface area contributed by atoms with E-state index in [0.29, 0.717) is 28.3 Å². The third-order valence-corrected chi connectivity index (χ3v) is 4.97. The summed E-state index contributed by atoms with van der Waals surface area (Å²) < 4.78 is 10.6. The number of ether oxygens (including phenoxy) is 2. The lowest BCUT2D eigenvalue weighted by Crippen LogP contribution is -2.21. The molecule has 6 nitrogen and oxygen atoms in total. The minimum atomic E-state index is -0.441. The Morgan fingerprint density at radius 1 is 1.19 bits per heavy atom. The highest BCUT2D eigenvalue weighted by molar-refractivity contribution is 7.16. The number of ketones is 1. The summed E-state index contributed by atoms with van der Waals surface area (Å²) in [5.41, 5.74) is 1.80. The first-order valence-corrected chi connectivity index (χ1v) is 9.52. The highest BCUT2D eigenvalue weighted by Crippen LogP contribution is 2.34. The highest BCUT2D eigenvalue weighted by atomic mass is 32.1. The first kappa shape index (κ1) is 20.6. The Labute approximate surface area is 162 Å². The number of aryl methyl sites for hydroxylation is 1.